The smallest absolute Gasteiger partial charge is 0.304 e. The van der Waals surface area contributed by atoms with E-state index < -0.39 is 11.8 Å². The second-order valence-corrected chi connectivity index (χ2v) is 7.12. The Morgan fingerprint density at radius 1 is 1.09 bits per heavy atom. The summed E-state index contributed by atoms with van der Waals surface area (Å²) in [7, 11) is 0. The Morgan fingerprint density at radius 2 is 1.97 bits per heavy atom. The number of hydrogen-bond donors (Lipinski definition) is 1. The number of nitrogens with one attached hydrogen (secondary N) is 1. The van der Waals surface area contributed by atoms with Crippen molar-refractivity contribution in [2.75, 3.05) is 5.32 Å². The molecule has 0 fully saturated rings. The molecule has 0 saturated heterocycles. The van der Waals surface area contributed by atoms with Gasteiger partial charge in [0.25, 0.3) is 0 Å². The Bertz CT molecular complexity index is 1390. The van der Waals surface area contributed by atoms with Gasteiger partial charge in [-0.25, -0.2) is 23.7 Å². The van der Waals surface area contributed by atoms with Gasteiger partial charge < -0.3 is 5.32 Å². The minimum absolute atomic E-state index is 0.0342. The third-order valence-electron chi connectivity index (χ3n) is 5.04. The van der Waals surface area contributed by atoms with Crippen molar-refractivity contribution in [3.8, 4) is 11.8 Å². The molecule has 1 unspecified atom stereocenters. The quantitative estimate of drug-likeness (QED) is 0.489. The fourth-order valence-electron chi connectivity index (χ4n) is 3.48. The number of halogens is 1. The van der Waals surface area contributed by atoms with Gasteiger partial charge in [0.1, 0.15) is 11.5 Å². The molecule has 1 aliphatic rings. The molecule has 8 heteroatoms. The average molecular weight is 424 g/mol. The Kier molecular flexibility index (Phi) is 5.06. The normalized spacial score (nSPS) is 14.9. The summed E-state index contributed by atoms with van der Waals surface area (Å²) in [6.45, 7) is 0. The highest BCUT2D eigenvalue weighted by atomic mass is 19.1. The number of rotatable bonds is 2. The summed E-state index contributed by atoms with van der Waals surface area (Å²) >= 11 is 0. The summed E-state index contributed by atoms with van der Waals surface area (Å²) in [6, 6.07) is 16.8. The van der Waals surface area contributed by atoms with E-state index in [0.29, 0.717) is 23.3 Å². The van der Waals surface area contributed by atoms with E-state index in [9.17, 15) is 9.18 Å². The van der Waals surface area contributed by atoms with E-state index in [1.807, 2.05) is 36.4 Å². The summed E-state index contributed by atoms with van der Waals surface area (Å²) in [4.78, 5) is 17.1. The second kappa shape index (κ2) is 8.32. The number of urea groups is 1. The van der Waals surface area contributed by atoms with Crippen molar-refractivity contribution in [3.63, 3.8) is 0 Å². The van der Waals surface area contributed by atoms with Crippen LogP contribution in [0.2, 0.25) is 0 Å². The first-order valence-electron chi connectivity index (χ1n) is 9.97. The van der Waals surface area contributed by atoms with Gasteiger partial charge in [0, 0.05) is 24.4 Å². The molecule has 4 aromatic rings. The molecule has 0 radical (unpaired) electrons. The third-order valence-corrected chi connectivity index (χ3v) is 5.04. The van der Waals surface area contributed by atoms with Crippen LogP contribution < -0.4 is 5.32 Å². The van der Waals surface area contributed by atoms with Gasteiger partial charge >= 0.3 is 6.03 Å². The SMILES string of the molecule is O=C(Nc1cc(C#Cc2cnc3cccnn23)ccc1F)N1N=CCC1c1ccccc1. The number of fused-ring (bicyclic) bond motifs is 1. The van der Waals surface area contributed by atoms with E-state index in [4.69, 9.17) is 0 Å². The third kappa shape index (κ3) is 3.79. The molecule has 1 N–H and O–H groups in total. The van der Waals surface area contributed by atoms with Gasteiger partial charge in [0.05, 0.1) is 17.9 Å². The molecule has 156 valence electrons. The second-order valence-electron chi connectivity index (χ2n) is 7.12. The summed E-state index contributed by atoms with van der Waals surface area (Å²) in [5.74, 6) is 5.40. The van der Waals surface area contributed by atoms with Gasteiger partial charge in [-0.05, 0) is 41.8 Å². The number of imidazole rings is 1. The van der Waals surface area contributed by atoms with Crippen LogP contribution in [-0.4, -0.2) is 31.9 Å². The lowest BCUT2D eigenvalue weighted by Crippen LogP contribution is -2.31. The van der Waals surface area contributed by atoms with Gasteiger partial charge in [-0.1, -0.05) is 36.3 Å². The van der Waals surface area contributed by atoms with Crippen LogP contribution in [0.1, 0.15) is 29.3 Å². The lowest BCUT2D eigenvalue weighted by molar-refractivity contribution is 0.200. The van der Waals surface area contributed by atoms with Crippen LogP contribution in [0, 0.1) is 17.7 Å². The standard InChI is InChI=1S/C24H17FN6O/c25-20-11-9-17(8-10-19-16-26-23-7-4-13-27-30(19)23)15-21(20)29-24(32)31-22(12-14-28-31)18-5-2-1-3-6-18/h1-7,9,11,13-16,22H,12H2,(H,29,32). The number of benzene rings is 2. The van der Waals surface area contributed by atoms with Gasteiger partial charge in [-0.2, -0.15) is 10.2 Å². The number of hydrogen-bond acceptors (Lipinski definition) is 4. The van der Waals surface area contributed by atoms with E-state index >= 15 is 0 Å². The van der Waals surface area contributed by atoms with Crippen molar-refractivity contribution in [2.24, 2.45) is 5.10 Å². The molecule has 0 aliphatic carbocycles. The first-order chi connectivity index (χ1) is 15.7. The lowest BCUT2D eigenvalue weighted by Gasteiger charge is -2.22. The highest BCUT2D eigenvalue weighted by molar-refractivity contribution is 5.91. The largest absolute Gasteiger partial charge is 0.342 e. The first kappa shape index (κ1) is 19.5. The Labute approximate surface area is 183 Å². The predicted molar refractivity (Wildman–Crippen MR) is 119 cm³/mol. The number of amides is 2. The highest BCUT2D eigenvalue weighted by Crippen LogP contribution is 2.29. The van der Waals surface area contributed by atoms with E-state index in [1.54, 1.807) is 35.3 Å². The highest BCUT2D eigenvalue weighted by Gasteiger charge is 2.28. The fourth-order valence-corrected chi connectivity index (χ4v) is 3.48. The van der Waals surface area contributed by atoms with E-state index in [1.165, 1.54) is 17.1 Å². The average Bonchev–Trinajstić information content (AvgIpc) is 3.48. The summed E-state index contributed by atoms with van der Waals surface area (Å²) < 4.78 is 16.0. The van der Waals surface area contributed by atoms with Gasteiger partial charge in [-0.15, -0.1) is 0 Å². The van der Waals surface area contributed by atoms with Gasteiger partial charge in [0.2, 0.25) is 0 Å². The zero-order chi connectivity index (χ0) is 21.9. The van der Waals surface area contributed by atoms with Crippen LogP contribution in [-0.2, 0) is 0 Å². The number of aromatic nitrogens is 3. The molecule has 5 rings (SSSR count). The van der Waals surface area contributed by atoms with Crippen molar-refractivity contribution < 1.29 is 9.18 Å². The van der Waals surface area contributed by atoms with Gasteiger partial charge in [-0.3, -0.25) is 0 Å². The molecule has 0 bridgehead atoms. The zero-order valence-corrected chi connectivity index (χ0v) is 16.8. The van der Waals surface area contributed by atoms with Crippen LogP contribution in [0.4, 0.5) is 14.9 Å². The monoisotopic (exact) mass is 424 g/mol. The van der Waals surface area contributed by atoms with Crippen LogP contribution in [0.15, 0.2) is 78.2 Å². The molecule has 1 aliphatic heterocycles. The molecular formula is C24H17FN6O. The van der Waals surface area contributed by atoms with E-state index in [-0.39, 0.29) is 11.7 Å². The molecule has 2 aromatic carbocycles. The van der Waals surface area contributed by atoms with Crippen LogP contribution >= 0.6 is 0 Å². The maximum Gasteiger partial charge on any atom is 0.342 e. The number of hydrazone groups is 1. The fraction of sp³-hybridized carbons (Fsp3) is 0.0833. The maximum atomic E-state index is 14.4. The van der Waals surface area contributed by atoms with Crippen molar-refractivity contribution in [3.05, 3.63) is 95.7 Å². The van der Waals surface area contributed by atoms with Crippen molar-refractivity contribution in [1.29, 1.82) is 0 Å². The van der Waals surface area contributed by atoms with Crippen LogP contribution in [0.3, 0.4) is 0 Å². The zero-order valence-electron chi connectivity index (χ0n) is 16.8. The molecule has 3 heterocycles. The summed E-state index contributed by atoms with van der Waals surface area (Å²) in [6.07, 6.45) is 5.55. The molecule has 2 aromatic heterocycles. The minimum Gasteiger partial charge on any atom is -0.304 e. The van der Waals surface area contributed by atoms with E-state index in [0.717, 1.165) is 5.56 Å². The van der Waals surface area contributed by atoms with Crippen molar-refractivity contribution in [2.45, 2.75) is 12.5 Å². The van der Waals surface area contributed by atoms with Crippen molar-refractivity contribution >= 4 is 23.6 Å². The van der Waals surface area contributed by atoms with Crippen LogP contribution in [0.25, 0.3) is 5.65 Å². The number of anilines is 1. The Hall–Kier alpha value is -4.51. The number of nitrogens with zero attached hydrogens (tertiary/aromatic N) is 5. The predicted octanol–water partition coefficient (Wildman–Crippen LogP) is 4.23. The lowest BCUT2D eigenvalue weighted by atomic mass is 10.1. The molecule has 1 atom stereocenters. The molecule has 32 heavy (non-hydrogen) atoms. The van der Waals surface area contributed by atoms with Crippen molar-refractivity contribution in [1.82, 2.24) is 19.6 Å². The molecular weight excluding hydrogens is 407 g/mol. The van der Waals surface area contributed by atoms with Crippen LogP contribution in [0.5, 0.6) is 0 Å². The maximum absolute atomic E-state index is 14.4. The Morgan fingerprint density at radius 3 is 2.84 bits per heavy atom. The molecule has 0 saturated carbocycles. The minimum atomic E-state index is -0.556. The number of carbonyl (C=O) groups excluding carboxylic acids is 1. The number of carbonyl (C=O) groups is 1. The molecule has 7 nitrogen and oxygen atoms in total. The first-order valence-corrected chi connectivity index (χ1v) is 9.97. The molecule has 2 amide bonds. The topological polar surface area (TPSA) is 74.9 Å². The Balaban J connectivity index is 1.37. The summed E-state index contributed by atoms with van der Waals surface area (Å²) in [5, 5.41) is 12.3. The summed E-state index contributed by atoms with van der Waals surface area (Å²) in [5.41, 5.74) is 2.82. The van der Waals surface area contributed by atoms with Gasteiger partial charge in [0.15, 0.2) is 5.65 Å². The molecule has 0 spiro atoms. The van der Waals surface area contributed by atoms with E-state index in [2.05, 4.69) is 32.3 Å².